The maximum absolute atomic E-state index is 13.0. The number of methoxy groups -OCH3 is 2. The molecule has 3 heterocycles. The van der Waals surface area contributed by atoms with Crippen LogP contribution in [0.1, 0.15) is 23.2 Å². The van der Waals surface area contributed by atoms with Crippen LogP contribution < -0.4 is 14.8 Å². The Bertz CT molecular complexity index is 1300. The first-order chi connectivity index (χ1) is 17.0. The summed E-state index contributed by atoms with van der Waals surface area (Å²) in [6.07, 6.45) is 5.21. The highest BCUT2D eigenvalue weighted by atomic mass is 32.1. The van der Waals surface area contributed by atoms with Crippen molar-refractivity contribution >= 4 is 33.8 Å². The molecule has 180 valence electrons. The summed E-state index contributed by atoms with van der Waals surface area (Å²) in [7, 11) is 3.11. The van der Waals surface area contributed by atoms with Crippen molar-refractivity contribution in [3.8, 4) is 22.8 Å². The van der Waals surface area contributed by atoms with Crippen molar-refractivity contribution < 1.29 is 19.1 Å². The van der Waals surface area contributed by atoms with Crippen molar-refractivity contribution in [1.82, 2.24) is 14.3 Å². The van der Waals surface area contributed by atoms with Crippen LogP contribution in [0.25, 0.3) is 16.2 Å². The van der Waals surface area contributed by atoms with Crippen LogP contribution in [0, 0.1) is 5.92 Å². The van der Waals surface area contributed by atoms with Crippen LogP contribution in [0.3, 0.4) is 0 Å². The summed E-state index contributed by atoms with van der Waals surface area (Å²) in [5, 5.41) is 5.02. The number of rotatable bonds is 6. The Kier molecular flexibility index (Phi) is 6.41. The molecule has 2 aromatic carbocycles. The summed E-state index contributed by atoms with van der Waals surface area (Å²) in [4.78, 5) is 33.2. The zero-order valence-electron chi connectivity index (χ0n) is 19.6. The highest BCUT2D eigenvalue weighted by Crippen LogP contribution is 2.27. The Balaban J connectivity index is 1.17. The van der Waals surface area contributed by atoms with Crippen LogP contribution in [0.4, 0.5) is 5.69 Å². The second kappa shape index (κ2) is 9.79. The van der Waals surface area contributed by atoms with Gasteiger partial charge in [0, 0.05) is 59.7 Å². The zero-order valence-corrected chi connectivity index (χ0v) is 20.4. The maximum atomic E-state index is 13.0. The first kappa shape index (κ1) is 22.9. The highest BCUT2D eigenvalue weighted by molar-refractivity contribution is 7.15. The molecule has 0 bridgehead atoms. The SMILES string of the molecule is COc1cc(OC)cc(C(=O)N2CCC(C(=O)Nc3ccc(-c4cn5ccsc5n4)cc3)CC2)c1. The van der Waals surface area contributed by atoms with Gasteiger partial charge in [0.25, 0.3) is 5.91 Å². The minimum absolute atomic E-state index is 0.0181. The van der Waals surface area contributed by atoms with Gasteiger partial charge in [-0.2, -0.15) is 0 Å². The lowest BCUT2D eigenvalue weighted by atomic mass is 9.95. The van der Waals surface area contributed by atoms with E-state index in [4.69, 9.17) is 9.47 Å². The molecule has 1 N–H and O–H groups in total. The number of thiazole rings is 1. The molecule has 0 unspecified atom stereocenters. The Hall–Kier alpha value is -3.85. The number of hydrogen-bond donors (Lipinski definition) is 1. The molecular weight excluding hydrogens is 464 g/mol. The van der Waals surface area contributed by atoms with Crippen molar-refractivity contribution in [2.45, 2.75) is 12.8 Å². The largest absolute Gasteiger partial charge is 0.497 e. The summed E-state index contributed by atoms with van der Waals surface area (Å²) in [6.45, 7) is 1.04. The normalized spacial score (nSPS) is 14.2. The first-order valence-corrected chi connectivity index (χ1v) is 12.3. The van der Waals surface area contributed by atoms with Crippen LogP contribution >= 0.6 is 11.3 Å². The molecule has 9 heteroatoms. The minimum atomic E-state index is -0.140. The van der Waals surface area contributed by atoms with Gasteiger partial charge in [0.2, 0.25) is 5.91 Å². The lowest BCUT2D eigenvalue weighted by molar-refractivity contribution is -0.121. The van der Waals surface area contributed by atoms with Gasteiger partial charge in [-0.1, -0.05) is 12.1 Å². The smallest absolute Gasteiger partial charge is 0.254 e. The minimum Gasteiger partial charge on any atom is -0.497 e. The van der Waals surface area contributed by atoms with Gasteiger partial charge in [-0.3, -0.25) is 14.0 Å². The Morgan fingerprint density at radius 3 is 2.34 bits per heavy atom. The van der Waals surface area contributed by atoms with E-state index in [2.05, 4.69) is 10.3 Å². The number of piperidine rings is 1. The van der Waals surface area contributed by atoms with Crippen LogP contribution in [0.5, 0.6) is 11.5 Å². The molecule has 2 aromatic heterocycles. The molecule has 0 atom stereocenters. The Labute approximate surface area is 207 Å². The van der Waals surface area contributed by atoms with Crippen LogP contribution in [-0.4, -0.2) is 53.4 Å². The quantitative estimate of drug-likeness (QED) is 0.428. The first-order valence-electron chi connectivity index (χ1n) is 11.4. The molecule has 0 saturated carbocycles. The number of ether oxygens (including phenoxy) is 2. The number of hydrogen-bond acceptors (Lipinski definition) is 6. The van der Waals surface area contributed by atoms with Gasteiger partial charge in [-0.25, -0.2) is 4.98 Å². The molecule has 4 aromatic rings. The Morgan fingerprint density at radius 1 is 1.03 bits per heavy atom. The number of benzene rings is 2. The zero-order chi connectivity index (χ0) is 24.4. The van der Waals surface area contributed by atoms with Crippen LogP contribution in [0.15, 0.2) is 60.2 Å². The third-order valence-corrected chi connectivity index (χ3v) is 7.06. The van der Waals surface area contributed by atoms with Crippen molar-refractivity contribution in [2.24, 2.45) is 5.92 Å². The third-order valence-electron chi connectivity index (χ3n) is 6.29. The summed E-state index contributed by atoms with van der Waals surface area (Å²) < 4.78 is 12.5. The summed E-state index contributed by atoms with van der Waals surface area (Å²) in [6, 6.07) is 12.9. The number of imidazole rings is 1. The highest BCUT2D eigenvalue weighted by Gasteiger charge is 2.28. The van der Waals surface area contributed by atoms with Crippen molar-refractivity contribution in [3.63, 3.8) is 0 Å². The molecule has 2 amide bonds. The predicted octanol–water partition coefficient (Wildman–Crippen LogP) is 4.57. The molecule has 0 spiro atoms. The van der Waals surface area contributed by atoms with Crippen molar-refractivity contribution in [2.75, 3.05) is 32.6 Å². The third kappa shape index (κ3) is 4.85. The van der Waals surface area contributed by atoms with Gasteiger partial charge in [-0.15, -0.1) is 11.3 Å². The van der Waals surface area contributed by atoms with Gasteiger partial charge in [0.1, 0.15) is 11.5 Å². The maximum Gasteiger partial charge on any atom is 0.254 e. The fourth-order valence-electron chi connectivity index (χ4n) is 4.29. The topological polar surface area (TPSA) is 85.2 Å². The molecular formula is C26H26N4O4S. The molecule has 1 fully saturated rings. The predicted molar refractivity (Wildman–Crippen MR) is 135 cm³/mol. The lowest BCUT2D eigenvalue weighted by Gasteiger charge is -2.31. The summed E-state index contributed by atoms with van der Waals surface area (Å²) >= 11 is 1.59. The van der Waals surface area contributed by atoms with E-state index in [1.165, 1.54) is 0 Å². The molecule has 35 heavy (non-hydrogen) atoms. The molecule has 0 aliphatic carbocycles. The van der Waals surface area contributed by atoms with Gasteiger partial charge >= 0.3 is 0 Å². The van der Waals surface area contributed by atoms with Gasteiger partial charge in [0.05, 0.1) is 19.9 Å². The number of nitrogens with zero attached hydrogens (tertiary/aromatic N) is 3. The van der Waals surface area contributed by atoms with Gasteiger partial charge < -0.3 is 19.7 Å². The van der Waals surface area contributed by atoms with Crippen LogP contribution in [-0.2, 0) is 4.79 Å². The number of aromatic nitrogens is 2. The van der Waals surface area contributed by atoms with Gasteiger partial charge in [0.15, 0.2) is 4.96 Å². The lowest BCUT2D eigenvalue weighted by Crippen LogP contribution is -2.41. The monoisotopic (exact) mass is 490 g/mol. The van der Waals surface area contributed by atoms with E-state index in [1.54, 1.807) is 48.7 Å². The number of likely N-dealkylation sites (tertiary alicyclic amines) is 1. The summed E-state index contributed by atoms with van der Waals surface area (Å²) in [5.74, 6) is 0.895. The van der Waals surface area contributed by atoms with Gasteiger partial charge in [-0.05, 0) is 37.1 Å². The van der Waals surface area contributed by atoms with Crippen molar-refractivity contribution in [1.29, 1.82) is 0 Å². The number of carbonyl (C=O) groups is 2. The summed E-state index contributed by atoms with van der Waals surface area (Å²) in [5.41, 5.74) is 3.17. The molecule has 5 rings (SSSR count). The van der Waals surface area contributed by atoms with Crippen molar-refractivity contribution in [3.05, 3.63) is 65.8 Å². The number of carbonyl (C=O) groups excluding carboxylic acids is 2. The standard InChI is InChI=1S/C26H26N4O4S/c1-33-21-13-19(14-22(15-21)34-2)25(32)29-9-7-18(8-10-29)24(31)27-20-5-3-17(4-6-20)23-16-30-11-12-35-26(30)28-23/h3-6,11-16,18H,7-10H2,1-2H3,(H,27,31). The van der Waals surface area contributed by atoms with E-state index in [1.807, 2.05) is 46.4 Å². The number of anilines is 1. The molecule has 1 aliphatic rings. The van der Waals surface area contributed by atoms with E-state index < -0.39 is 0 Å². The fraction of sp³-hybridized carbons (Fsp3) is 0.269. The second-order valence-electron chi connectivity index (χ2n) is 8.45. The Morgan fingerprint density at radius 2 is 1.71 bits per heavy atom. The van der Waals surface area contributed by atoms with E-state index in [9.17, 15) is 9.59 Å². The molecule has 1 saturated heterocycles. The van der Waals surface area contributed by atoms with E-state index >= 15 is 0 Å². The molecule has 8 nitrogen and oxygen atoms in total. The second-order valence-corrected chi connectivity index (χ2v) is 9.33. The van der Waals surface area contributed by atoms with E-state index in [-0.39, 0.29) is 17.7 Å². The number of nitrogens with one attached hydrogen (secondary N) is 1. The number of fused-ring (bicyclic) bond motifs is 1. The number of amides is 2. The average molecular weight is 491 g/mol. The van der Waals surface area contributed by atoms with E-state index in [0.29, 0.717) is 43.0 Å². The fourth-order valence-corrected chi connectivity index (χ4v) is 4.99. The molecule has 1 aliphatic heterocycles. The van der Waals surface area contributed by atoms with Crippen LogP contribution in [0.2, 0.25) is 0 Å². The average Bonchev–Trinajstić information content (AvgIpc) is 3.51. The van der Waals surface area contributed by atoms with E-state index in [0.717, 1.165) is 21.9 Å². The molecule has 0 radical (unpaired) electrons.